The Morgan fingerprint density at radius 1 is 1.48 bits per heavy atom. The van der Waals surface area contributed by atoms with E-state index in [4.69, 9.17) is 4.74 Å². The Balaban J connectivity index is 2.01. The summed E-state index contributed by atoms with van der Waals surface area (Å²) in [6.45, 7) is 6.24. The van der Waals surface area contributed by atoms with Crippen molar-refractivity contribution >= 4 is 27.8 Å². The van der Waals surface area contributed by atoms with Gasteiger partial charge in [-0.3, -0.25) is 9.48 Å². The van der Waals surface area contributed by atoms with Crippen molar-refractivity contribution in [1.29, 1.82) is 0 Å². The molecule has 0 N–H and O–H groups in total. The van der Waals surface area contributed by atoms with Crippen molar-refractivity contribution in [3.05, 3.63) is 30.1 Å². The molecule has 2 unspecified atom stereocenters. The van der Waals surface area contributed by atoms with Crippen LogP contribution in [0.4, 0.5) is 0 Å². The molecule has 134 valence electrons. The summed E-state index contributed by atoms with van der Waals surface area (Å²) in [5.74, 6) is -1.28. The second kappa shape index (κ2) is 5.51. The highest BCUT2D eigenvalue weighted by Gasteiger charge is 2.70. The van der Waals surface area contributed by atoms with Crippen LogP contribution < -0.4 is 0 Å². The van der Waals surface area contributed by atoms with Crippen molar-refractivity contribution in [2.75, 3.05) is 6.61 Å². The topological polar surface area (TPSA) is 111 Å². The molecule has 1 amide bonds. The van der Waals surface area contributed by atoms with E-state index in [0.29, 0.717) is 5.69 Å². The quantitative estimate of drug-likeness (QED) is 0.310. The van der Waals surface area contributed by atoms with Crippen LogP contribution in [0.5, 0.6) is 0 Å². The normalized spacial score (nSPS) is 27.7. The number of β-lactam (4-membered cyclic amide) rings is 1. The summed E-state index contributed by atoms with van der Waals surface area (Å²) in [4.78, 5) is 25.9. The predicted octanol–water partition coefficient (Wildman–Crippen LogP) is -0.328. The molecule has 2 atom stereocenters. The maximum atomic E-state index is 12.9. The predicted molar refractivity (Wildman–Crippen MR) is 87.6 cm³/mol. The van der Waals surface area contributed by atoms with Gasteiger partial charge in [-0.15, -0.1) is 5.10 Å². The van der Waals surface area contributed by atoms with Gasteiger partial charge in [0, 0.05) is 7.05 Å². The SMILES string of the molecule is C=CCOC(=O)C1N2C(=O)/C(=C/c3cn(C)nn3)C2S(=O)(=O)C1(C)C. The fourth-order valence-corrected chi connectivity index (χ4v) is 5.25. The number of ether oxygens (including phenoxy) is 1. The average Bonchev–Trinajstić information content (AvgIpc) is 3.00. The number of carbonyl (C=O) groups excluding carboxylic acids is 2. The number of nitrogens with zero attached hydrogens (tertiary/aromatic N) is 4. The molecular formula is C15H18N4O5S. The number of rotatable bonds is 4. The molecule has 1 aromatic heterocycles. The van der Waals surface area contributed by atoms with E-state index in [0.717, 1.165) is 4.90 Å². The zero-order valence-electron chi connectivity index (χ0n) is 14.0. The van der Waals surface area contributed by atoms with Crippen molar-refractivity contribution in [1.82, 2.24) is 19.9 Å². The molecule has 0 aromatic carbocycles. The van der Waals surface area contributed by atoms with Crippen molar-refractivity contribution in [2.24, 2.45) is 7.05 Å². The molecule has 2 aliphatic rings. The number of carbonyl (C=O) groups is 2. The zero-order valence-corrected chi connectivity index (χ0v) is 14.9. The van der Waals surface area contributed by atoms with Gasteiger partial charge < -0.3 is 9.64 Å². The van der Waals surface area contributed by atoms with Gasteiger partial charge >= 0.3 is 5.97 Å². The Morgan fingerprint density at radius 2 is 2.16 bits per heavy atom. The van der Waals surface area contributed by atoms with Crippen LogP contribution >= 0.6 is 0 Å². The molecule has 0 aliphatic carbocycles. The third-order valence-electron chi connectivity index (χ3n) is 4.45. The van der Waals surface area contributed by atoms with Crippen LogP contribution in [0.3, 0.4) is 0 Å². The monoisotopic (exact) mass is 366 g/mol. The van der Waals surface area contributed by atoms with Crippen molar-refractivity contribution < 1.29 is 22.7 Å². The van der Waals surface area contributed by atoms with Gasteiger partial charge in [0.1, 0.15) is 17.0 Å². The first-order valence-electron chi connectivity index (χ1n) is 7.54. The van der Waals surface area contributed by atoms with Gasteiger partial charge in [0.25, 0.3) is 5.91 Å². The number of hydrogen-bond acceptors (Lipinski definition) is 7. The Hall–Kier alpha value is -2.49. The van der Waals surface area contributed by atoms with Gasteiger partial charge in [0.15, 0.2) is 21.3 Å². The summed E-state index contributed by atoms with van der Waals surface area (Å²) in [6.07, 6.45) is 4.33. The van der Waals surface area contributed by atoms with Gasteiger partial charge in [-0.05, 0) is 19.9 Å². The number of aromatic nitrogens is 3. The largest absolute Gasteiger partial charge is 0.460 e. The maximum Gasteiger partial charge on any atom is 0.330 e. The number of hydrogen-bond donors (Lipinski definition) is 0. The van der Waals surface area contributed by atoms with Gasteiger partial charge in [0.05, 0.1) is 11.8 Å². The maximum absolute atomic E-state index is 12.9. The van der Waals surface area contributed by atoms with Crippen LogP contribution in [0.15, 0.2) is 24.4 Å². The summed E-state index contributed by atoms with van der Waals surface area (Å²) < 4.78 is 30.8. The molecule has 3 heterocycles. The lowest BCUT2D eigenvalue weighted by Gasteiger charge is -2.38. The summed E-state index contributed by atoms with van der Waals surface area (Å²) in [6, 6.07) is -1.20. The summed E-state index contributed by atoms with van der Waals surface area (Å²) in [5.41, 5.74) is 0.448. The molecule has 9 nitrogen and oxygen atoms in total. The van der Waals surface area contributed by atoms with E-state index in [1.807, 2.05) is 0 Å². The van der Waals surface area contributed by atoms with Crippen LogP contribution in [0, 0.1) is 0 Å². The highest BCUT2D eigenvalue weighted by Crippen LogP contribution is 2.49. The molecule has 0 bridgehead atoms. The number of sulfone groups is 1. The molecule has 2 fully saturated rings. The smallest absolute Gasteiger partial charge is 0.330 e. The summed E-state index contributed by atoms with van der Waals surface area (Å²) in [7, 11) is -2.17. The van der Waals surface area contributed by atoms with Gasteiger partial charge in [-0.2, -0.15) is 0 Å². The first kappa shape index (κ1) is 17.3. The minimum atomic E-state index is -3.83. The molecule has 0 saturated carbocycles. The Bertz CT molecular complexity index is 899. The lowest BCUT2D eigenvalue weighted by molar-refractivity contribution is -0.156. The minimum absolute atomic E-state index is 0.0551. The first-order chi connectivity index (χ1) is 11.6. The molecule has 2 saturated heterocycles. The van der Waals surface area contributed by atoms with E-state index in [1.165, 1.54) is 30.7 Å². The summed E-state index contributed by atoms with van der Waals surface area (Å²) in [5, 5.41) is 6.40. The fraction of sp³-hybridized carbons (Fsp3) is 0.467. The lowest BCUT2D eigenvalue weighted by atomic mass is 9.95. The molecule has 3 rings (SSSR count). The highest BCUT2D eigenvalue weighted by molar-refractivity contribution is 7.94. The highest BCUT2D eigenvalue weighted by atomic mass is 32.2. The molecule has 1 aromatic rings. The van der Waals surface area contributed by atoms with Gasteiger partial charge in [-0.25, -0.2) is 13.2 Å². The second-order valence-corrected chi connectivity index (χ2v) is 9.04. The van der Waals surface area contributed by atoms with Crippen molar-refractivity contribution in [3.63, 3.8) is 0 Å². The molecule has 25 heavy (non-hydrogen) atoms. The van der Waals surface area contributed by atoms with E-state index in [9.17, 15) is 18.0 Å². The molecule has 10 heteroatoms. The molecule has 0 radical (unpaired) electrons. The standard InChI is InChI=1S/C15H18N4O5S/c1-5-6-24-14(21)11-15(2,3)25(22,23)13-10(12(20)19(11)13)7-9-8-18(4)17-16-9/h5,7-8,11,13H,1,6H2,2-4H3/b10-7-. The number of aryl methyl sites for hydroxylation is 1. The number of esters is 1. The van der Waals surface area contributed by atoms with Crippen LogP contribution in [0.2, 0.25) is 0 Å². The zero-order chi connectivity index (χ0) is 18.6. The summed E-state index contributed by atoms with van der Waals surface area (Å²) >= 11 is 0. The Morgan fingerprint density at radius 3 is 2.72 bits per heavy atom. The van der Waals surface area contributed by atoms with Crippen LogP contribution in [0.25, 0.3) is 6.08 Å². The first-order valence-corrected chi connectivity index (χ1v) is 9.09. The van der Waals surface area contributed by atoms with Crippen molar-refractivity contribution in [2.45, 2.75) is 30.0 Å². The van der Waals surface area contributed by atoms with E-state index < -0.39 is 37.9 Å². The Kier molecular flexibility index (Phi) is 3.82. The third kappa shape index (κ3) is 2.31. The lowest BCUT2D eigenvalue weighted by Crippen LogP contribution is -2.59. The van der Waals surface area contributed by atoms with Crippen LogP contribution in [-0.4, -0.2) is 63.0 Å². The Labute approximate surface area is 144 Å². The molecule has 2 aliphatic heterocycles. The van der Waals surface area contributed by atoms with E-state index in [-0.39, 0.29) is 12.2 Å². The number of fused-ring (bicyclic) bond motifs is 1. The van der Waals surface area contributed by atoms with E-state index in [2.05, 4.69) is 16.9 Å². The van der Waals surface area contributed by atoms with Crippen molar-refractivity contribution in [3.8, 4) is 0 Å². The van der Waals surface area contributed by atoms with Gasteiger partial charge in [-0.1, -0.05) is 17.9 Å². The second-order valence-electron chi connectivity index (χ2n) is 6.45. The van der Waals surface area contributed by atoms with E-state index >= 15 is 0 Å². The molecular weight excluding hydrogens is 348 g/mol. The minimum Gasteiger partial charge on any atom is -0.460 e. The fourth-order valence-electron chi connectivity index (χ4n) is 3.13. The van der Waals surface area contributed by atoms with Gasteiger partial charge in [0.2, 0.25) is 0 Å². The average molecular weight is 366 g/mol. The van der Waals surface area contributed by atoms with Crippen LogP contribution in [-0.2, 0) is 31.2 Å². The van der Waals surface area contributed by atoms with Crippen LogP contribution in [0.1, 0.15) is 19.5 Å². The third-order valence-corrected chi connectivity index (χ3v) is 7.21. The van der Waals surface area contributed by atoms with E-state index in [1.54, 1.807) is 13.2 Å². The molecule has 0 spiro atoms. The number of amides is 1.